The van der Waals surface area contributed by atoms with Crippen LogP contribution in [-0.4, -0.2) is 245 Å². The summed E-state index contributed by atoms with van der Waals surface area (Å²) in [6.07, 6.45) is -28.3. The van der Waals surface area contributed by atoms with E-state index < -0.39 is 218 Å². The summed E-state index contributed by atoms with van der Waals surface area (Å²) in [6.45, 7) is 18.5. The molecule has 26 heteroatoms. The SMILES string of the molecule is C/C=C(/C)C(=O)OC1C(O)[C@H](O[C@@H]2[C@H](C)CC3C4=CCC5[C@@]6(C)CC[C@H](O[C@@H]7OC(C(=O)O)[C@@H](O)C(O[C@@H]8O[C@@H](CO)C(O)C8O)C7O[C@@H]7OC(CO)[C@H](O)C(O)C7O)C(C)(C)C6CC[C@@]5(C)[C@]4(C)C[C@@H](O)[C@@]3(CO)[C@H]2O)OC(C)[C@@H]1OC(=O)/C(C)=C\C. The van der Waals surface area contributed by atoms with Crippen molar-refractivity contribution < 1.29 is 128 Å². The molecule has 8 fully saturated rings. The minimum atomic E-state index is -2.12. The second kappa shape index (κ2) is 26.0. The number of carbonyl (C=O) groups is 3. The Bertz CT molecular complexity index is 2610. The van der Waals surface area contributed by atoms with E-state index in [9.17, 15) is 80.8 Å². The molecule has 0 spiro atoms. The molecule has 0 aromatic heterocycles. The van der Waals surface area contributed by atoms with Crippen LogP contribution in [0, 0.1) is 50.7 Å². The standard InChI is InChI=1S/C62H96O26/c1-12-25(3)52(77)83-45-28(6)79-56(43(73)47(45)84-53(78)26(4)13-2)85-44-27(5)20-30-29-14-15-34-59(9)18-17-36(58(7,8)33(59)16-19-60(34,10)61(29,11)21-35(66)62(30,24-65)50(44)74)82-57-49(88-55-41(71)39(69)37(67)31(22-63)80-55)46(42(72)48(87-57)51(75)76)86-54-40(70)38(68)32(23-64)81-54/h12-14,27-28,30-50,54-57,63-74H,15-24H2,1-11H3,(H,75,76)/b25-12-,26-13-/t27-,28?,30?,31?,32+,33?,34?,35-,36+,37+,38?,39?,40?,41?,42+,43?,44-,45+,46?,47?,48?,49?,50+,54+,55+,56+,57-,59+,60-,61-,62+/m1/s1. The van der Waals surface area contributed by atoms with Crippen molar-refractivity contribution >= 4 is 17.9 Å². The lowest BCUT2D eigenvalue weighted by Gasteiger charge is -2.72. The molecular weight excluding hydrogens is 1160 g/mol. The van der Waals surface area contributed by atoms with Crippen LogP contribution in [0.4, 0.5) is 0 Å². The first-order valence-corrected chi connectivity index (χ1v) is 31.1. The van der Waals surface area contributed by atoms with Crippen LogP contribution < -0.4 is 0 Å². The fourth-order valence-corrected chi connectivity index (χ4v) is 17.4. The predicted molar refractivity (Wildman–Crippen MR) is 302 cm³/mol. The van der Waals surface area contributed by atoms with Gasteiger partial charge in [0.15, 0.2) is 43.5 Å². The van der Waals surface area contributed by atoms with Crippen molar-refractivity contribution in [2.45, 2.75) is 262 Å². The molecule has 9 aliphatic rings. The topological polar surface area (TPSA) is 407 Å². The summed E-state index contributed by atoms with van der Waals surface area (Å²) < 4.78 is 60.9. The van der Waals surface area contributed by atoms with Gasteiger partial charge in [-0.15, -0.1) is 0 Å². The molecule has 0 aromatic carbocycles. The lowest BCUT2D eigenvalue weighted by Crippen LogP contribution is -2.71. The van der Waals surface area contributed by atoms with E-state index in [0.29, 0.717) is 38.5 Å². The van der Waals surface area contributed by atoms with E-state index in [1.54, 1.807) is 33.8 Å². The van der Waals surface area contributed by atoms with Gasteiger partial charge in [-0.3, -0.25) is 0 Å². The van der Waals surface area contributed by atoms with E-state index in [1.165, 1.54) is 13.0 Å². The molecule has 4 aliphatic heterocycles. The first kappa shape index (κ1) is 69.2. The molecule has 14 unspecified atom stereocenters. The molecule has 500 valence electrons. The number of rotatable bonds is 16. The maximum atomic E-state index is 13.2. The number of hydrogen-bond acceptors (Lipinski definition) is 25. The van der Waals surface area contributed by atoms with Crippen LogP contribution in [0.1, 0.15) is 121 Å². The maximum absolute atomic E-state index is 13.2. The van der Waals surface area contributed by atoms with Gasteiger partial charge in [-0.25, -0.2) is 14.4 Å². The van der Waals surface area contributed by atoms with Crippen LogP contribution in [-0.2, 0) is 61.8 Å². The van der Waals surface area contributed by atoms with Crippen molar-refractivity contribution in [3.8, 4) is 0 Å². The Balaban J connectivity index is 0.974. The number of fused-ring (bicyclic) bond motifs is 7. The lowest BCUT2D eigenvalue weighted by atomic mass is 9.33. The van der Waals surface area contributed by atoms with Crippen LogP contribution in [0.3, 0.4) is 0 Å². The van der Waals surface area contributed by atoms with E-state index in [4.69, 9.17) is 47.4 Å². The molecule has 0 aromatic rings. The Kier molecular flexibility index (Phi) is 20.4. The Labute approximate surface area is 512 Å². The third-order valence-electron chi connectivity index (χ3n) is 23.0. The molecule has 4 saturated heterocycles. The van der Waals surface area contributed by atoms with Crippen LogP contribution in [0.2, 0.25) is 0 Å². The molecule has 5 aliphatic carbocycles. The number of aliphatic carboxylic acids is 1. The van der Waals surface area contributed by atoms with E-state index >= 15 is 0 Å². The Hall–Kier alpha value is -3.17. The molecule has 4 heterocycles. The number of aliphatic hydroxyl groups excluding tert-OH is 12. The summed E-state index contributed by atoms with van der Waals surface area (Å²) in [5, 5.41) is 145. The van der Waals surface area contributed by atoms with Gasteiger partial charge < -0.3 is 114 Å². The van der Waals surface area contributed by atoms with E-state index in [0.717, 1.165) is 5.57 Å². The summed E-state index contributed by atoms with van der Waals surface area (Å²) in [7, 11) is 0. The van der Waals surface area contributed by atoms with E-state index in [1.807, 2.05) is 20.8 Å². The number of carbonyl (C=O) groups excluding carboxylic acids is 2. The summed E-state index contributed by atoms with van der Waals surface area (Å²) in [4.78, 5) is 39.2. The highest BCUT2D eigenvalue weighted by Gasteiger charge is 2.72. The molecule has 4 saturated carbocycles. The fraction of sp³-hybridized carbons (Fsp3) is 0.855. The molecule has 0 amide bonds. The van der Waals surface area contributed by atoms with Gasteiger partial charge >= 0.3 is 17.9 Å². The van der Waals surface area contributed by atoms with Crippen LogP contribution >= 0.6 is 0 Å². The second-order valence-electron chi connectivity index (χ2n) is 27.8. The third-order valence-corrected chi connectivity index (χ3v) is 23.0. The maximum Gasteiger partial charge on any atom is 0.335 e. The number of aliphatic hydroxyl groups is 12. The van der Waals surface area contributed by atoms with Gasteiger partial charge in [-0.05, 0) is 125 Å². The van der Waals surface area contributed by atoms with Crippen molar-refractivity contribution in [2.75, 3.05) is 19.8 Å². The summed E-state index contributed by atoms with van der Waals surface area (Å²) in [5.41, 5.74) is -2.32. The zero-order valence-electron chi connectivity index (χ0n) is 52.0. The van der Waals surface area contributed by atoms with Crippen LogP contribution in [0.5, 0.6) is 0 Å². The van der Waals surface area contributed by atoms with Gasteiger partial charge in [0.25, 0.3) is 0 Å². The largest absolute Gasteiger partial charge is 0.479 e. The van der Waals surface area contributed by atoms with Gasteiger partial charge in [-0.2, -0.15) is 0 Å². The highest BCUT2D eigenvalue weighted by Crippen LogP contribution is 2.75. The number of hydrogen-bond donors (Lipinski definition) is 13. The summed E-state index contributed by atoms with van der Waals surface area (Å²) >= 11 is 0. The zero-order chi connectivity index (χ0) is 64.8. The molecule has 26 nitrogen and oxygen atoms in total. The first-order chi connectivity index (χ1) is 41.3. The smallest absolute Gasteiger partial charge is 0.335 e. The monoisotopic (exact) mass is 1260 g/mol. The van der Waals surface area contributed by atoms with E-state index in [-0.39, 0.29) is 29.4 Å². The van der Waals surface area contributed by atoms with Crippen molar-refractivity contribution in [3.63, 3.8) is 0 Å². The summed E-state index contributed by atoms with van der Waals surface area (Å²) in [6, 6.07) is 0. The highest BCUT2D eigenvalue weighted by atomic mass is 16.8. The molecule has 9 rings (SSSR count). The number of ether oxygens (including phenoxy) is 10. The number of carboxylic acids is 1. The number of esters is 2. The van der Waals surface area contributed by atoms with Gasteiger partial charge in [0.05, 0.1) is 55.8 Å². The summed E-state index contributed by atoms with van der Waals surface area (Å²) in [5.74, 6) is -4.22. The average molecular weight is 1260 g/mol. The molecule has 0 radical (unpaired) electrons. The first-order valence-electron chi connectivity index (χ1n) is 31.1. The molecule has 31 atom stereocenters. The van der Waals surface area contributed by atoms with E-state index in [2.05, 4.69) is 26.8 Å². The lowest BCUT2D eigenvalue weighted by molar-refractivity contribution is -0.386. The average Bonchev–Trinajstić information content (AvgIpc) is 0.727. The Morgan fingerprint density at radius 3 is 1.73 bits per heavy atom. The molecule has 13 N–H and O–H groups in total. The van der Waals surface area contributed by atoms with Gasteiger partial charge in [0.2, 0.25) is 0 Å². The Morgan fingerprint density at radius 2 is 1.16 bits per heavy atom. The van der Waals surface area contributed by atoms with Crippen LogP contribution in [0.15, 0.2) is 34.9 Å². The van der Waals surface area contributed by atoms with Gasteiger partial charge in [-0.1, -0.05) is 65.3 Å². The van der Waals surface area contributed by atoms with Crippen molar-refractivity contribution in [1.82, 2.24) is 0 Å². The number of allylic oxidation sites excluding steroid dienone is 4. The minimum absolute atomic E-state index is 0.00684. The number of carboxylic acid groups (broad SMARTS) is 1. The molecule has 0 bridgehead atoms. The Morgan fingerprint density at radius 1 is 0.614 bits per heavy atom. The highest BCUT2D eigenvalue weighted by molar-refractivity contribution is 5.88. The van der Waals surface area contributed by atoms with Crippen molar-refractivity contribution in [3.05, 3.63) is 34.9 Å². The third kappa shape index (κ3) is 11.4. The second-order valence-corrected chi connectivity index (χ2v) is 27.8. The quantitative estimate of drug-likeness (QED) is 0.0410. The fourth-order valence-electron chi connectivity index (χ4n) is 17.4. The zero-order valence-corrected chi connectivity index (χ0v) is 52.0. The minimum Gasteiger partial charge on any atom is -0.479 e. The van der Waals surface area contributed by atoms with Crippen LogP contribution in [0.25, 0.3) is 0 Å². The van der Waals surface area contributed by atoms with Gasteiger partial charge in [0, 0.05) is 11.1 Å². The van der Waals surface area contributed by atoms with Crippen molar-refractivity contribution in [2.24, 2.45) is 50.7 Å². The molecular formula is C62H96O26. The molecule has 88 heavy (non-hydrogen) atoms. The predicted octanol–water partition coefficient (Wildman–Crippen LogP) is -0.246. The van der Waals surface area contributed by atoms with Gasteiger partial charge in [0.1, 0.15) is 67.1 Å². The normalized spacial score (nSPS) is 50.4. The van der Waals surface area contributed by atoms with Crippen molar-refractivity contribution in [1.29, 1.82) is 0 Å².